The van der Waals surface area contributed by atoms with Crippen molar-refractivity contribution in [2.24, 2.45) is 0 Å². The molecule has 1 aromatic carbocycles. The topological polar surface area (TPSA) is 83.2 Å². The predicted octanol–water partition coefficient (Wildman–Crippen LogP) is 2.18. The summed E-state index contributed by atoms with van der Waals surface area (Å²) in [5, 5.41) is 0.992. The highest BCUT2D eigenvalue weighted by Crippen LogP contribution is 2.23. The SMILES string of the molecule is CCOC(=O)NNC(=O)c1cccc2c(C)c(C)[nH]c12. The Kier molecular flexibility index (Phi) is 3.93. The van der Waals surface area contributed by atoms with Crippen LogP contribution in [0.2, 0.25) is 0 Å². The van der Waals surface area contributed by atoms with Crippen molar-refractivity contribution in [3.05, 3.63) is 35.0 Å². The van der Waals surface area contributed by atoms with Gasteiger partial charge in [0.1, 0.15) is 0 Å². The van der Waals surface area contributed by atoms with Gasteiger partial charge in [0, 0.05) is 11.1 Å². The first-order valence-corrected chi connectivity index (χ1v) is 6.35. The van der Waals surface area contributed by atoms with Crippen LogP contribution in [0, 0.1) is 13.8 Å². The maximum Gasteiger partial charge on any atom is 0.426 e. The Bertz CT molecular complexity index is 661. The minimum atomic E-state index is -0.688. The summed E-state index contributed by atoms with van der Waals surface area (Å²) in [4.78, 5) is 26.4. The molecule has 20 heavy (non-hydrogen) atoms. The first-order valence-electron chi connectivity index (χ1n) is 6.35. The minimum Gasteiger partial charge on any atom is -0.449 e. The molecule has 0 spiro atoms. The Morgan fingerprint density at radius 1 is 1.25 bits per heavy atom. The van der Waals surface area contributed by atoms with E-state index < -0.39 is 12.0 Å². The standard InChI is InChI=1S/C14H17N3O3/c1-4-20-14(19)17-16-13(18)11-7-5-6-10-8(2)9(3)15-12(10)11/h5-7,15H,4H2,1-3H3,(H,16,18)(H,17,19). The number of carbonyl (C=O) groups excluding carboxylic acids is 2. The van der Waals surface area contributed by atoms with Crippen molar-refractivity contribution in [3.63, 3.8) is 0 Å². The minimum absolute atomic E-state index is 0.242. The molecule has 106 valence electrons. The molecule has 0 bridgehead atoms. The van der Waals surface area contributed by atoms with Gasteiger partial charge in [0.2, 0.25) is 0 Å². The number of rotatable bonds is 2. The van der Waals surface area contributed by atoms with E-state index in [1.807, 2.05) is 26.0 Å². The molecule has 6 heteroatoms. The third kappa shape index (κ3) is 2.59. The summed E-state index contributed by atoms with van der Waals surface area (Å²) in [5.41, 5.74) is 7.85. The van der Waals surface area contributed by atoms with Crippen molar-refractivity contribution < 1.29 is 14.3 Å². The van der Waals surface area contributed by atoms with Gasteiger partial charge in [-0.3, -0.25) is 10.2 Å². The summed E-state index contributed by atoms with van der Waals surface area (Å²) in [5.74, 6) is -0.398. The molecule has 0 aliphatic heterocycles. The lowest BCUT2D eigenvalue weighted by atomic mass is 10.1. The predicted molar refractivity (Wildman–Crippen MR) is 75.4 cm³/mol. The van der Waals surface area contributed by atoms with E-state index >= 15 is 0 Å². The van der Waals surface area contributed by atoms with Crippen LogP contribution in [0.5, 0.6) is 0 Å². The number of aromatic amines is 1. The van der Waals surface area contributed by atoms with Gasteiger partial charge in [0.25, 0.3) is 5.91 Å². The van der Waals surface area contributed by atoms with Crippen molar-refractivity contribution >= 4 is 22.9 Å². The number of H-pyrrole nitrogens is 1. The molecule has 0 saturated heterocycles. The molecule has 0 aliphatic carbocycles. The zero-order valence-electron chi connectivity index (χ0n) is 11.7. The fraction of sp³-hybridized carbons (Fsp3) is 0.286. The van der Waals surface area contributed by atoms with Crippen molar-refractivity contribution in [2.45, 2.75) is 20.8 Å². The summed E-state index contributed by atoms with van der Waals surface area (Å²) in [7, 11) is 0. The summed E-state index contributed by atoms with van der Waals surface area (Å²) < 4.78 is 4.67. The van der Waals surface area contributed by atoms with Gasteiger partial charge in [-0.25, -0.2) is 10.2 Å². The van der Waals surface area contributed by atoms with Gasteiger partial charge in [-0.2, -0.15) is 0 Å². The number of hydrogen-bond acceptors (Lipinski definition) is 3. The Balaban J connectivity index is 2.22. The number of amides is 2. The van der Waals surface area contributed by atoms with Crippen molar-refractivity contribution in [3.8, 4) is 0 Å². The van der Waals surface area contributed by atoms with Crippen LogP contribution in [0.15, 0.2) is 18.2 Å². The van der Waals surface area contributed by atoms with E-state index in [0.29, 0.717) is 5.56 Å². The van der Waals surface area contributed by atoms with Crippen molar-refractivity contribution in [1.82, 2.24) is 15.8 Å². The van der Waals surface area contributed by atoms with E-state index in [1.165, 1.54) is 0 Å². The summed E-state index contributed by atoms with van der Waals surface area (Å²) in [6, 6.07) is 5.45. The molecule has 1 aromatic heterocycles. The van der Waals surface area contributed by atoms with E-state index in [0.717, 1.165) is 22.2 Å². The van der Waals surface area contributed by atoms with E-state index in [4.69, 9.17) is 0 Å². The second kappa shape index (κ2) is 5.64. The van der Waals surface area contributed by atoms with Crippen LogP contribution in [0.4, 0.5) is 4.79 Å². The van der Waals surface area contributed by atoms with Gasteiger partial charge in [0.15, 0.2) is 0 Å². The number of ether oxygens (including phenoxy) is 1. The lowest BCUT2D eigenvalue weighted by molar-refractivity contribution is 0.0914. The van der Waals surface area contributed by atoms with Crippen LogP contribution in [0.3, 0.4) is 0 Å². The smallest absolute Gasteiger partial charge is 0.426 e. The van der Waals surface area contributed by atoms with Crippen molar-refractivity contribution in [1.29, 1.82) is 0 Å². The second-order valence-electron chi connectivity index (χ2n) is 4.40. The molecule has 6 nitrogen and oxygen atoms in total. The molecule has 0 unspecified atom stereocenters. The number of para-hydroxylation sites is 1. The van der Waals surface area contributed by atoms with Crippen LogP contribution in [-0.4, -0.2) is 23.6 Å². The maximum atomic E-state index is 12.1. The third-order valence-corrected chi connectivity index (χ3v) is 3.14. The zero-order valence-corrected chi connectivity index (χ0v) is 11.7. The van der Waals surface area contributed by atoms with Gasteiger partial charge in [-0.1, -0.05) is 12.1 Å². The average molecular weight is 275 g/mol. The molecule has 2 aromatic rings. The monoisotopic (exact) mass is 275 g/mol. The van der Waals surface area contributed by atoms with E-state index in [1.54, 1.807) is 13.0 Å². The number of aromatic nitrogens is 1. The highest BCUT2D eigenvalue weighted by atomic mass is 16.5. The van der Waals surface area contributed by atoms with Crippen LogP contribution in [0.1, 0.15) is 28.5 Å². The molecule has 1 heterocycles. The first kappa shape index (κ1) is 13.9. The number of nitrogens with one attached hydrogen (secondary N) is 3. The van der Waals surface area contributed by atoms with Gasteiger partial charge in [0.05, 0.1) is 17.7 Å². The third-order valence-electron chi connectivity index (χ3n) is 3.14. The highest BCUT2D eigenvalue weighted by Gasteiger charge is 2.14. The lowest BCUT2D eigenvalue weighted by Gasteiger charge is -2.07. The molecule has 0 radical (unpaired) electrons. The molecular formula is C14H17N3O3. The first-order chi connectivity index (χ1) is 9.54. The molecule has 2 amide bonds. The van der Waals surface area contributed by atoms with Crippen molar-refractivity contribution in [2.75, 3.05) is 6.61 Å². The average Bonchev–Trinajstić information content (AvgIpc) is 2.72. The van der Waals surface area contributed by atoms with Crippen LogP contribution in [0.25, 0.3) is 10.9 Å². The molecule has 0 fully saturated rings. The van der Waals surface area contributed by atoms with E-state index in [9.17, 15) is 9.59 Å². The number of carbonyl (C=O) groups is 2. The summed E-state index contributed by atoms with van der Waals surface area (Å²) in [6.07, 6.45) is -0.688. The number of hydrazine groups is 1. The van der Waals surface area contributed by atoms with Gasteiger partial charge >= 0.3 is 6.09 Å². The quantitative estimate of drug-likeness (QED) is 0.734. The van der Waals surface area contributed by atoms with Gasteiger partial charge < -0.3 is 9.72 Å². The number of fused-ring (bicyclic) bond motifs is 1. The summed E-state index contributed by atoms with van der Waals surface area (Å²) in [6.45, 7) is 5.87. The second-order valence-corrected chi connectivity index (χ2v) is 4.40. The lowest BCUT2D eigenvalue weighted by Crippen LogP contribution is -2.42. The Morgan fingerprint density at radius 3 is 2.70 bits per heavy atom. The molecule has 3 N–H and O–H groups in total. The molecule has 0 saturated carbocycles. The number of aryl methyl sites for hydroxylation is 2. The van der Waals surface area contributed by atoms with Crippen LogP contribution < -0.4 is 10.9 Å². The molecule has 0 aliphatic rings. The Morgan fingerprint density at radius 2 is 2.00 bits per heavy atom. The molecular weight excluding hydrogens is 258 g/mol. The van der Waals surface area contributed by atoms with Crippen LogP contribution >= 0.6 is 0 Å². The number of hydrogen-bond donors (Lipinski definition) is 3. The number of benzene rings is 1. The Hall–Kier alpha value is -2.50. The van der Waals surface area contributed by atoms with Crippen LogP contribution in [-0.2, 0) is 4.74 Å². The summed E-state index contributed by atoms with van der Waals surface area (Å²) >= 11 is 0. The van der Waals surface area contributed by atoms with Gasteiger partial charge in [-0.15, -0.1) is 0 Å². The molecule has 2 rings (SSSR count). The fourth-order valence-electron chi connectivity index (χ4n) is 2.01. The molecule has 0 atom stereocenters. The van der Waals surface area contributed by atoms with E-state index in [-0.39, 0.29) is 6.61 Å². The fourth-order valence-corrected chi connectivity index (χ4v) is 2.01. The zero-order chi connectivity index (χ0) is 14.7. The normalized spacial score (nSPS) is 10.3. The van der Waals surface area contributed by atoms with E-state index in [2.05, 4.69) is 20.6 Å². The highest BCUT2D eigenvalue weighted by molar-refractivity contribution is 6.06. The maximum absolute atomic E-state index is 12.1. The van der Waals surface area contributed by atoms with Gasteiger partial charge in [-0.05, 0) is 32.4 Å². The largest absolute Gasteiger partial charge is 0.449 e. The Labute approximate surface area is 116 Å².